The van der Waals surface area contributed by atoms with E-state index in [0.29, 0.717) is 41.3 Å². The lowest BCUT2D eigenvalue weighted by atomic mass is 10.0. The number of nitrogens with one attached hydrogen (secondary N) is 2. The maximum absolute atomic E-state index is 13.8. The number of amides is 2. The van der Waals surface area contributed by atoms with Crippen molar-refractivity contribution in [1.29, 1.82) is 0 Å². The molecule has 196 valence electrons. The van der Waals surface area contributed by atoms with E-state index in [1.54, 1.807) is 49.1 Å². The van der Waals surface area contributed by atoms with Crippen LogP contribution < -0.4 is 15.4 Å². The van der Waals surface area contributed by atoms with Crippen molar-refractivity contribution in [3.63, 3.8) is 0 Å². The Balaban J connectivity index is 1.49. The van der Waals surface area contributed by atoms with Gasteiger partial charge in [0.2, 0.25) is 11.8 Å². The van der Waals surface area contributed by atoms with Gasteiger partial charge in [-0.2, -0.15) is 0 Å². The normalized spacial score (nSPS) is 12.8. The van der Waals surface area contributed by atoms with Crippen molar-refractivity contribution >= 4 is 23.1 Å². The van der Waals surface area contributed by atoms with Crippen molar-refractivity contribution in [3.05, 3.63) is 71.7 Å². The third-order valence-corrected chi connectivity index (χ3v) is 6.30. The van der Waals surface area contributed by atoms with Gasteiger partial charge >= 0.3 is 0 Å². The van der Waals surface area contributed by atoms with E-state index >= 15 is 0 Å². The molecule has 0 spiro atoms. The van der Waals surface area contributed by atoms with Crippen LogP contribution in [-0.4, -0.2) is 58.0 Å². The Morgan fingerprint density at radius 3 is 2.68 bits per heavy atom. The predicted molar refractivity (Wildman–Crippen MR) is 142 cm³/mol. The molecule has 1 aliphatic carbocycles. The molecule has 0 atom stereocenters. The lowest BCUT2D eigenvalue weighted by Gasteiger charge is -2.13. The highest BCUT2D eigenvalue weighted by molar-refractivity contribution is 5.96. The largest absolute Gasteiger partial charge is 0.437 e. The van der Waals surface area contributed by atoms with Crippen molar-refractivity contribution in [3.8, 4) is 22.9 Å². The van der Waals surface area contributed by atoms with Crippen molar-refractivity contribution in [2.75, 3.05) is 26.0 Å². The molecule has 10 heteroatoms. The molecule has 4 aromatic rings. The Hall–Kier alpha value is -4.47. The van der Waals surface area contributed by atoms with Crippen LogP contribution in [0.3, 0.4) is 0 Å². The molecule has 1 saturated carbocycles. The molecule has 0 radical (unpaired) electrons. The molecule has 2 amide bonds. The maximum atomic E-state index is 13.8. The van der Waals surface area contributed by atoms with Crippen molar-refractivity contribution in [2.45, 2.75) is 32.2 Å². The Labute approximate surface area is 219 Å². The van der Waals surface area contributed by atoms with E-state index < -0.39 is 5.82 Å². The molecule has 2 aromatic heterocycles. The first-order valence-corrected chi connectivity index (χ1v) is 12.5. The molecule has 0 unspecified atom stereocenters. The van der Waals surface area contributed by atoms with Gasteiger partial charge in [0.25, 0.3) is 5.91 Å². The third-order valence-electron chi connectivity index (χ3n) is 6.30. The average Bonchev–Trinajstić information content (AvgIpc) is 3.58. The van der Waals surface area contributed by atoms with E-state index in [-0.39, 0.29) is 23.7 Å². The predicted octanol–water partition coefficient (Wildman–Crippen LogP) is 4.42. The van der Waals surface area contributed by atoms with Gasteiger partial charge in [-0.3, -0.25) is 9.59 Å². The highest BCUT2D eigenvalue weighted by atomic mass is 19.1. The van der Waals surface area contributed by atoms with Crippen LogP contribution in [0.25, 0.3) is 16.9 Å². The molecule has 9 nitrogen and oxygen atoms in total. The van der Waals surface area contributed by atoms with E-state index in [4.69, 9.17) is 4.74 Å². The summed E-state index contributed by atoms with van der Waals surface area (Å²) in [6.07, 6.45) is 4.04. The monoisotopic (exact) mass is 516 g/mol. The van der Waals surface area contributed by atoms with Crippen molar-refractivity contribution in [2.24, 2.45) is 0 Å². The van der Waals surface area contributed by atoms with Gasteiger partial charge in [0.05, 0.1) is 17.6 Å². The Morgan fingerprint density at radius 2 is 1.97 bits per heavy atom. The van der Waals surface area contributed by atoms with Gasteiger partial charge in [0.1, 0.15) is 11.6 Å². The fourth-order valence-corrected chi connectivity index (χ4v) is 4.07. The SMILES string of the molecule is Cc1cc(-c2cnc3c(NCCC(=O)N(C)C)cc(Oc4cccc(F)c4)nn23)ccc1C(=O)NC1CC1. The van der Waals surface area contributed by atoms with Crippen molar-refractivity contribution in [1.82, 2.24) is 24.8 Å². The standard InChI is InChI=1S/C28H29FN6O3/c1-17-13-18(7-10-22(17)28(37)32-20-8-9-20)24-16-31-27-23(30-12-11-26(36)34(2)3)15-25(33-35(24)27)38-21-6-4-5-19(29)14-21/h4-7,10,13-16,20,30H,8-9,11-12H2,1-3H3,(H,32,37). The average molecular weight is 517 g/mol. The number of benzene rings is 2. The molecule has 0 aliphatic heterocycles. The zero-order chi connectivity index (χ0) is 26.8. The van der Waals surface area contributed by atoms with Crippen LogP contribution in [0.15, 0.2) is 54.7 Å². The minimum absolute atomic E-state index is 0.0101. The fraction of sp³-hybridized carbons (Fsp3) is 0.286. The molecule has 2 heterocycles. The number of halogens is 1. The number of carbonyl (C=O) groups excluding carboxylic acids is 2. The summed E-state index contributed by atoms with van der Waals surface area (Å²) in [5.41, 5.74) is 4.13. The molecule has 0 saturated heterocycles. The Bertz CT molecular complexity index is 1510. The molecule has 38 heavy (non-hydrogen) atoms. The number of carbonyl (C=O) groups is 2. The Kier molecular flexibility index (Phi) is 6.95. The summed E-state index contributed by atoms with van der Waals surface area (Å²) < 4.78 is 21.3. The summed E-state index contributed by atoms with van der Waals surface area (Å²) in [6, 6.07) is 13.4. The second-order valence-electron chi connectivity index (χ2n) is 9.58. The lowest BCUT2D eigenvalue weighted by molar-refractivity contribution is -0.128. The highest BCUT2D eigenvalue weighted by Crippen LogP contribution is 2.30. The smallest absolute Gasteiger partial charge is 0.251 e. The van der Waals surface area contributed by atoms with Gasteiger partial charge < -0.3 is 20.3 Å². The van der Waals surface area contributed by atoms with Crippen LogP contribution in [-0.2, 0) is 4.79 Å². The lowest BCUT2D eigenvalue weighted by Crippen LogP contribution is -2.26. The number of aryl methyl sites for hydroxylation is 1. The zero-order valence-electron chi connectivity index (χ0n) is 21.5. The summed E-state index contributed by atoms with van der Waals surface area (Å²) in [6.45, 7) is 2.28. The molecule has 1 fully saturated rings. The quantitative estimate of drug-likeness (QED) is 0.342. The van der Waals surface area contributed by atoms with E-state index in [9.17, 15) is 14.0 Å². The van der Waals surface area contributed by atoms with Gasteiger partial charge in [-0.05, 0) is 49.6 Å². The van der Waals surface area contributed by atoms with Gasteiger partial charge in [-0.15, -0.1) is 5.10 Å². The zero-order valence-corrected chi connectivity index (χ0v) is 21.5. The fourth-order valence-electron chi connectivity index (χ4n) is 4.07. The number of rotatable bonds is 9. The molecular formula is C28H29FN6O3. The van der Waals surface area contributed by atoms with Crippen LogP contribution in [0.1, 0.15) is 35.2 Å². The number of ether oxygens (including phenoxy) is 1. The molecule has 0 bridgehead atoms. The number of aromatic nitrogens is 3. The maximum Gasteiger partial charge on any atom is 0.251 e. The van der Waals surface area contributed by atoms with Crippen LogP contribution >= 0.6 is 0 Å². The second-order valence-corrected chi connectivity index (χ2v) is 9.58. The Morgan fingerprint density at radius 1 is 1.16 bits per heavy atom. The first-order valence-electron chi connectivity index (χ1n) is 12.5. The first kappa shape index (κ1) is 25.2. The second kappa shape index (κ2) is 10.5. The minimum Gasteiger partial charge on any atom is -0.437 e. The number of nitrogens with zero attached hydrogens (tertiary/aromatic N) is 4. The van der Waals surface area contributed by atoms with Crippen LogP contribution in [0.2, 0.25) is 0 Å². The summed E-state index contributed by atoms with van der Waals surface area (Å²) in [5.74, 6) is 0.0188. The highest BCUT2D eigenvalue weighted by Gasteiger charge is 2.24. The number of hydrogen-bond acceptors (Lipinski definition) is 6. The summed E-state index contributed by atoms with van der Waals surface area (Å²) in [7, 11) is 3.42. The van der Waals surface area contributed by atoms with Gasteiger partial charge in [0, 0.05) is 56.4 Å². The first-order chi connectivity index (χ1) is 18.3. The minimum atomic E-state index is -0.422. The summed E-state index contributed by atoms with van der Waals surface area (Å²) in [5, 5.41) is 10.9. The number of anilines is 1. The third kappa shape index (κ3) is 5.59. The molecular weight excluding hydrogens is 487 g/mol. The molecule has 2 N–H and O–H groups in total. The number of fused-ring (bicyclic) bond motifs is 1. The molecule has 5 rings (SSSR count). The van der Waals surface area contributed by atoms with E-state index in [1.807, 2.05) is 19.1 Å². The summed E-state index contributed by atoms with van der Waals surface area (Å²) >= 11 is 0. The van der Waals surface area contributed by atoms with E-state index in [1.165, 1.54) is 17.0 Å². The van der Waals surface area contributed by atoms with E-state index in [0.717, 1.165) is 24.0 Å². The van der Waals surface area contributed by atoms with Crippen LogP contribution in [0.4, 0.5) is 10.1 Å². The van der Waals surface area contributed by atoms with E-state index in [2.05, 4.69) is 20.7 Å². The van der Waals surface area contributed by atoms with Gasteiger partial charge in [-0.1, -0.05) is 12.1 Å². The van der Waals surface area contributed by atoms with Gasteiger partial charge in [0.15, 0.2) is 5.65 Å². The van der Waals surface area contributed by atoms with Crippen LogP contribution in [0.5, 0.6) is 11.6 Å². The molecule has 2 aromatic carbocycles. The summed E-state index contributed by atoms with van der Waals surface area (Å²) in [4.78, 5) is 30.8. The van der Waals surface area contributed by atoms with Crippen LogP contribution in [0, 0.1) is 12.7 Å². The topological polar surface area (TPSA) is 101 Å². The van der Waals surface area contributed by atoms with Gasteiger partial charge in [-0.25, -0.2) is 13.9 Å². The number of hydrogen-bond donors (Lipinski definition) is 2. The number of imidazole rings is 1. The molecule has 1 aliphatic rings. The van der Waals surface area contributed by atoms with Crippen molar-refractivity contribution < 1.29 is 18.7 Å².